The lowest BCUT2D eigenvalue weighted by atomic mass is 9.97. The van der Waals surface area contributed by atoms with E-state index in [1.807, 2.05) is 45.9 Å². The number of aryl methyl sites for hydroxylation is 2. The van der Waals surface area contributed by atoms with Gasteiger partial charge in [-0.05, 0) is 79.6 Å². The smallest absolute Gasteiger partial charge is 0.257 e. The van der Waals surface area contributed by atoms with E-state index in [0.717, 1.165) is 35.3 Å². The van der Waals surface area contributed by atoms with Crippen LogP contribution in [0.3, 0.4) is 0 Å². The maximum atomic E-state index is 14.0. The van der Waals surface area contributed by atoms with Crippen molar-refractivity contribution in [3.05, 3.63) is 88.7 Å². The van der Waals surface area contributed by atoms with Crippen LogP contribution in [0.1, 0.15) is 53.7 Å². The van der Waals surface area contributed by atoms with Gasteiger partial charge in [0.15, 0.2) is 0 Å². The third kappa shape index (κ3) is 6.88. The van der Waals surface area contributed by atoms with Crippen molar-refractivity contribution in [1.29, 1.82) is 0 Å². The molecule has 0 bridgehead atoms. The average molecular weight is 587 g/mol. The van der Waals surface area contributed by atoms with Crippen molar-refractivity contribution in [2.45, 2.75) is 59.2 Å². The molecule has 2 N–H and O–H groups in total. The van der Waals surface area contributed by atoms with Gasteiger partial charge in [0.2, 0.25) is 11.8 Å². The van der Waals surface area contributed by atoms with Crippen LogP contribution in [0.5, 0.6) is 11.5 Å². The number of para-hydroxylation sites is 1. The number of carbonyl (C=O) groups is 3. The van der Waals surface area contributed by atoms with E-state index in [4.69, 9.17) is 4.74 Å². The summed E-state index contributed by atoms with van der Waals surface area (Å²) in [5.74, 6) is -0.168. The zero-order valence-corrected chi connectivity index (χ0v) is 25.2. The molecule has 1 saturated heterocycles. The van der Waals surface area contributed by atoms with E-state index >= 15 is 0 Å². The molecule has 226 valence electrons. The molecule has 2 heterocycles. The Morgan fingerprint density at radius 3 is 2.35 bits per heavy atom. The molecule has 2 aliphatic heterocycles. The summed E-state index contributed by atoms with van der Waals surface area (Å²) < 4.78 is 19.4. The predicted octanol–water partition coefficient (Wildman–Crippen LogP) is 5.43. The molecule has 2 aliphatic rings. The van der Waals surface area contributed by atoms with E-state index in [1.165, 1.54) is 17.0 Å². The van der Waals surface area contributed by atoms with Crippen molar-refractivity contribution in [2.75, 3.05) is 25.0 Å². The maximum absolute atomic E-state index is 14.0. The number of benzene rings is 3. The van der Waals surface area contributed by atoms with E-state index in [2.05, 4.69) is 10.6 Å². The Labute approximate surface area is 252 Å². The van der Waals surface area contributed by atoms with Gasteiger partial charge in [-0.2, -0.15) is 0 Å². The second kappa shape index (κ2) is 13.0. The Hall–Kier alpha value is -4.24. The lowest BCUT2D eigenvalue weighted by Crippen LogP contribution is -2.56. The predicted molar refractivity (Wildman–Crippen MR) is 164 cm³/mol. The highest BCUT2D eigenvalue weighted by atomic mass is 19.1. The molecule has 9 heteroatoms. The molecule has 0 saturated carbocycles. The maximum Gasteiger partial charge on any atom is 0.257 e. The van der Waals surface area contributed by atoms with E-state index in [1.54, 1.807) is 35.2 Å². The summed E-state index contributed by atoms with van der Waals surface area (Å²) in [6, 6.07) is 16.8. The molecule has 5 rings (SSSR count). The Balaban J connectivity index is 1.30. The number of piperidine rings is 1. The van der Waals surface area contributed by atoms with E-state index in [9.17, 15) is 18.8 Å². The fraction of sp³-hybridized carbons (Fsp3) is 0.382. The molecule has 3 aromatic rings. The first-order valence-electron chi connectivity index (χ1n) is 14.9. The molecule has 8 nitrogen and oxygen atoms in total. The second-order valence-corrected chi connectivity index (χ2v) is 11.8. The van der Waals surface area contributed by atoms with Crippen LogP contribution in [-0.2, 0) is 16.1 Å². The van der Waals surface area contributed by atoms with Gasteiger partial charge in [0.05, 0.1) is 11.3 Å². The van der Waals surface area contributed by atoms with Crippen molar-refractivity contribution in [1.82, 2.24) is 15.1 Å². The van der Waals surface area contributed by atoms with Gasteiger partial charge < -0.3 is 25.2 Å². The minimum Gasteiger partial charge on any atom is -0.457 e. The molecule has 1 fully saturated rings. The van der Waals surface area contributed by atoms with Crippen LogP contribution in [-0.4, -0.2) is 59.2 Å². The van der Waals surface area contributed by atoms with Gasteiger partial charge in [-0.1, -0.05) is 44.2 Å². The van der Waals surface area contributed by atoms with Crippen LogP contribution in [0.15, 0.2) is 60.7 Å². The number of nitrogens with one attached hydrogen (secondary N) is 2. The number of fused-ring (bicyclic) bond motifs is 1. The minimum absolute atomic E-state index is 0.153. The van der Waals surface area contributed by atoms with Crippen molar-refractivity contribution in [3.63, 3.8) is 0 Å². The SMILES string of the molecule is Cc1cccc(C)c1Oc1ccc2c(c1)C(=O)N(C(C(=O)N1CCC(NCc3ccc(F)cc3)CC1)C(C)C)CC(=O)N2. The van der Waals surface area contributed by atoms with Gasteiger partial charge in [-0.3, -0.25) is 14.4 Å². The number of nitrogens with zero attached hydrogens (tertiary/aromatic N) is 2. The highest BCUT2D eigenvalue weighted by Gasteiger charge is 2.40. The van der Waals surface area contributed by atoms with Crippen LogP contribution >= 0.6 is 0 Å². The Morgan fingerprint density at radius 2 is 1.70 bits per heavy atom. The molecular formula is C34H39FN4O4. The lowest BCUT2D eigenvalue weighted by molar-refractivity contribution is -0.139. The normalized spacial score (nSPS) is 16.5. The number of amides is 3. The molecule has 0 aliphatic carbocycles. The van der Waals surface area contributed by atoms with Gasteiger partial charge in [0.1, 0.15) is 29.9 Å². The molecule has 3 aromatic carbocycles. The summed E-state index contributed by atoms with van der Waals surface area (Å²) in [6.07, 6.45) is 1.52. The monoisotopic (exact) mass is 586 g/mol. The summed E-state index contributed by atoms with van der Waals surface area (Å²) in [5, 5.41) is 6.34. The van der Waals surface area contributed by atoms with Crippen LogP contribution < -0.4 is 15.4 Å². The van der Waals surface area contributed by atoms with Crippen molar-refractivity contribution in [2.24, 2.45) is 5.92 Å². The van der Waals surface area contributed by atoms with Crippen LogP contribution in [0.2, 0.25) is 0 Å². The summed E-state index contributed by atoms with van der Waals surface area (Å²) in [5.41, 5.74) is 3.62. The summed E-state index contributed by atoms with van der Waals surface area (Å²) in [4.78, 5) is 44.1. The molecule has 0 spiro atoms. The van der Waals surface area contributed by atoms with E-state index in [-0.39, 0.29) is 47.6 Å². The summed E-state index contributed by atoms with van der Waals surface area (Å²) in [6.45, 7) is 9.21. The van der Waals surface area contributed by atoms with Crippen LogP contribution in [0, 0.1) is 25.6 Å². The van der Waals surface area contributed by atoms with Crippen molar-refractivity contribution < 1.29 is 23.5 Å². The van der Waals surface area contributed by atoms with E-state index in [0.29, 0.717) is 31.1 Å². The first kappa shape index (κ1) is 30.2. The van der Waals surface area contributed by atoms with Crippen molar-refractivity contribution >= 4 is 23.4 Å². The quantitative estimate of drug-likeness (QED) is 0.367. The van der Waals surface area contributed by atoms with Gasteiger partial charge >= 0.3 is 0 Å². The van der Waals surface area contributed by atoms with Gasteiger partial charge in [-0.15, -0.1) is 0 Å². The number of likely N-dealkylation sites (tertiary alicyclic amines) is 1. The fourth-order valence-electron chi connectivity index (χ4n) is 5.88. The molecule has 3 amide bonds. The Bertz CT molecular complexity index is 1480. The zero-order chi connectivity index (χ0) is 30.7. The zero-order valence-electron chi connectivity index (χ0n) is 25.2. The number of rotatable bonds is 8. The first-order valence-corrected chi connectivity index (χ1v) is 14.9. The molecule has 1 atom stereocenters. The van der Waals surface area contributed by atoms with Gasteiger partial charge in [0.25, 0.3) is 5.91 Å². The Kier molecular flexibility index (Phi) is 9.11. The third-order valence-electron chi connectivity index (χ3n) is 8.23. The largest absolute Gasteiger partial charge is 0.457 e. The first-order chi connectivity index (χ1) is 20.6. The minimum atomic E-state index is -0.795. The van der Waals surface area contributed by atoms with Gasteiger partial charge in [-0.25, -0.2) is 4.39 Å². The topological polar surface area (TPSA) is 91.0 Å². The standard InChI is InChI=1S/C34H39FN4O4/c1-21(2)31(34(42)38-16-14-26(15-17-38)36-19-24-8-10-25(35)11-9-24)39-20-30(40)37-29-13-12-27(18-28(29)33(39)41)43-32-22(3)6-5-7-23(32)4/h5-13,18,21,26,31,36H,14-17,19-20H2,1-4H3,(H,37,40). The fourth-order valence-corrected chi connectivity index (χ4v) is 5.88. The Morgan fingerprint density at radius 1 is 1.02 bits per heavy atom. The second-order valence-electron chi connectivity index (χ2n) is 11.8. The molecule has 0 aromatic heterocycles. The van der Waals surface area contributed by atoms with Crippen LogP contribution in [0.4, 0.5) is 10.1 Å². The molecule has 0 radical (unpaired) electrons. The number of halogens is 1. The number of hydrogen-bond donors (Lipinski definition) is 2. The lowest BCUT2D eigenvalue weighted by Gasteiger charge is -2.39. The van der Waals surface area contributed by atoms with Crippen molar-refractivity contribution in [3.8, 4) is 11.5 Å². The van der Waals surface area contributed by atoms with E-state index < -0.39 is 6.04 Å². The average Bonchev–Trinajstić information content (AvgIpc) is 3.10. The molecular weight excluding hydrogens is 547 g/mol. The number of carbonyl (C=O) groups excluding carboxylic acids is 3. The molecule has 43 heavy (non-hydrogen) atoms. The summed E-state index contributed by atoms with van der Waals surface area (Å²) >= 11 is 0. The highest BCUT2D eigenvalue weighted by Crippen LogP contribution is 2.33. The number of anilines is 1. The number of hydrogen-bond acceptors (Lipinski definition) is 5. The third-order valence-corrected chi connectivity index (χ3v) is 8.23. The van der Waals surface area contributed by atoms with Gasteiger partial charge in [0, 0.05) is 25.7 Å². The molecule has 1 unspecified atom stereocenters. The van der Waals surface area contributed by atoms with Crippen LogP contribution in [0.25, 0.3) is 0 Å². The highest BCUT2D eigenvalue weighted by molar-refractivity contribution is 6.10. The number of ether oxygens (including phenoxy) is 1. The summed E-state index contributed by atoms with van der Waals surface area (Å²) in [7, 11) is 0.